The first kappa shape index (κ1) is 26.2. The highest BCUT2D eigenvalue weighted by molar-refractivity contribution is 7.99. The molecule has 0 bridgehead atoms. The van der Waals surface area contributed by atoms with Gasteiger partial charge in [0, 0.05) is 58.4 Å². The topological polar surface area (TPSA) is 78.0 Å². The van der Waals surface area contributed by atoms with E-state index in [0.29, 0.717) is 47.6 Å². The molecule has 0 unspecified atom stereocenters. The molecule has 8 heteroatoms. The van der Waals surface area contributed by atoms with Gasteiger partial charge in [-0.2, -0.15) is 11.8 Å². The minimum absolute atomic E-state index is 0.227. The summed E-state index contributed by atoms with van der Waals surface area (Å²) in [5.41, 5.74) is 2.34. The first-order chi connectivity index (χ1) is 19.5. The molecule has 2 aliphatic heterocycles. The molecule has 0 aromatic heterocycles. The average molecular weight is 552 g/mol. The third-order valence-electron chi connectivity index (χ3n) is 7.70. The summed E-state index contributed by atoms with van der Waals surface area (Å²) in [6, 6.07) is 22.3. The standard InChI is InChI=1S/C32H29N3O4S/c1-33(16-17-34-29(36)23-11-2-7-21-8-3-12-24(27(21)23)30(34)37)15-6-19-40-20-18-35-31(38)25-13-4-9-22-10-5-14-26(28(22)25)32(35)39/h2-5,7-14H,6,15-20H2,1H3. The van der Waals surface area contributed by atoms with Crippen molar-refractivity contribution in [3.05, 3.63) is 95.1 Å². The molecule has 0 aliphatic carbocycles. The Labute approximate surface area is 236 Å². The van der Waals surface area contributed by atoms with Gasteiger partial charge in [0.05, 0.1) is 0 Å². The van der Waals surface area contributed by atoms with Crippen molar-refractivity contribution in [3.8, 4) is 0 Å². The van der Waals surface area contributed by atoms with Crippen molar-refractivity contribution < 1.29 is 19.2 Å². The molecule has 202 valence electrons. The number of carbonyl (C=O) groups is 4. The number of likely N-dealkylation sites (N-methyl/N-ethyl adjacent to an activating group) is 1. The highest BCUT2D eigenvalue weighted by Crippen LogP contribution is 2.31. The lowest BCUT2D eigenvalue weighted by Gasteiger charge is -2.29. The van der Waals surface area contributed by atoms with Gasteiger partial charge in [0.25, 0.3) is 23.6 Å². The van der Waals surface area contributed by atoms with Crippen molar-refractivity contribution in [2.45, 2.75) is 6.42 Å². The van der Waals surface area contributed by atoms with Gasteiger partial charge in [-0.05, 0) is 60.8 Å². The van der Waals surface area contributed by atoms with E-state index in [9.17, 15) is 19.2 Å². The molecule has 0 spiro atoms. The van der Waals surface area contributed by atoms with E-state index < -0.39 is 0 Å². The maximum atomic E-state index is 13.1. The molecule has 0 atom stereocenters. The van der Waals surface area contributed by atoms with Crippen LogP contribution >= 0.6 is 11.8 Å². The van der Waals surface area contributed by atoms with Crippen LogP contribution in [0.25, 0.3) is 21.5 Å². The average Bonchev–Trinajstić information content (AvgIpc) is 2.97. The predicted molar refractivity (Wildman–Crippen MR) is 158 cm³/mol. The SMILES string of the molecule is CN(CCCSCCN1C(=O)c2cccc3cccc(c23)C1=O)CCN1C(=O)c2cccc3cccc(c23)C1=O. The number of hydrogen-bond donors (Lipinski definition) is 0. The number of amides is 4. The molecule has 4 aromatic carbocycles. The molecule has 0 saturated heterocycles. The van der Waals surface area contributed by atoms with E-state index in [0.717, 1.165) is 40.3 Å². The second-order valence-electron chi connectivity index (χ2n) is 10.2. The molecule has 0 radical (unpaired) electrons. The van der Waals surface area contributed by atoms with Gasteiger partial charge in [-0.25, -0.2) is 0 Å². The molecule has 6 rings (SSSR count). The Morgan fingerprint density at radius 1 is 0.575 bits per heavy atom. The number of carbonyl (C=O) groups excluding carboxylic acids is 4. The van der Waals surface area contributed by atoms with Crippen molar-refractivity contribution in [2.24, 2.45) is 0 Å². The van der Waals surface area contributed by atoms with Crippen LogP contribution in [-0.2, 0) is 0 Å². The van der Waals surface area contributed by atoms with Crippen LogP contribution in [0.3, 0.4) is 0 Å². The zero-order valence-corrected chi connectivity index (χ0v) is 23.1. The van der Waals surface area contributed by atoms with Crippen LogP contribution in [0.1, 0.15) is 47.9 Å². The van der Waals surface area contributed by atoms with Gasteiger partial charge in [0.15, 0.2) is 0 Å². The van der Waals surface area contributed by atoms with Crippen molar-refractivity contribution in [1.82, 2.24) is 14.7 Å². The van der Waals surface area contributed by atoms with Gasteiger partial charge in [-0.3, -0.25) is 29.0 Å². The lowest BCUT2D eigenvalue weighted by molar-refractivity contribution is 0.0590. The molecular formula is C32H29N3O4S. The highest BCUT2D eigenvalue weighted by Gasteiger charge is 2.33. The second kappa shape index (κ2) is 10.9. The monoisotopic (exact) mass is 551 g/mol. The Kier molecular flexibility index (Phi) is 7.12. The fourth-order valence-electron chi connectivity index (χ4n) is 5.64. The van der Waals surface area contributed by atoms with E-state index >= 15 is 0 Å². The number of benzene rings is 4. The first-order valence-electron chi connectivity index (χ1n) is 13.5. The van der Waals surface area contributed by atoms with E-state index in [4.69, 9.17) is 0 Å². The van der Waals surface area contributed by atoms with Gasteiger partial charge in [-0.1, -0.05) is 48.5 Å². The van der Waals surface area contributed by atoms with Crippen LogP contribution in [0.4, 0.5) is 0 Å². The molecule has 40 heavy (non-hydrogen) atoms. The highest BCUT2D eigenvalue weighted by atomic mass is 32.2. The van der Waals surface area contributed by atoms with Crippen molar-refractivity contribution in [3.63, 3.8) is 0 Å². The van der Waals surface area contributed by atoms with Crippen molar-refractivity contribution in [1.29, 1.82) is 0 Å². The van der Waals surface area contributed by atoms with Gasteiger partial charge in [0.1, 0.15) is 0 Å². The smallest absolute Gasteiger partial charge is 0.261 e. The van der Waals surface area contributed by atoms with Crippen LogP contribution in [0.2, 0.25) is 0 Å². The van der Waals surface area contributed by atoms with E-state index in [1.54, 1.807) is 36.0 Å². The molecule has 4 amide bonds. The molecule has 2 heterocycles. The lowest BCUT2D eigenvalue weighted by atomic mass is 9.94. The quantitative estimate of drug-likeness (QED) is 0.205. The summed E-state index contributed by atoms with van der Waals surface area (Å²) in [5.74, 6) is 0.619. The third kappa shape index (κ3) is 4.57. The second-order valence-corrected chi connectivity index (χ2v) is 11.4. The molecule has 0 N–H and O–H groups in total. The number of rotatable bonds is 10. The number of thioether (sulfide) groups is 1. The molecule has 4 aromatic rings. The number of nitrogens with zero attached hydrogens (tertiary/aromatic N) is 3. The van der Waals surface area contributed by atoms with E-state index in [1.807, 2.05) is 55.6 Å². The summed E-state index contributed by atoms with van der Waals surface area (Å²) in [5, 5.41) is 3.31. The van der Waals surface area contributed by atoms with Gasteiger partial charge < -0.3 is 4.90 Å². The minimum Gasteiger partial charge on any atom is -0.305 e. The van der Waals surface area contributed by atoms with E-state index in [2.05, 4.69) is 4.90 Å². The largest absolute Gasteiger partial charge is 0.305 e. The van der Waals surface area contributed by atoms with E-state index in [1.165, 1.54) is 9.80 Å². The minimum atomic E-state index is -0.237. The molecule has 0 fully saturated rings. The van der Waals surface area contributed by atoms with Gasteiger partial charge >= 0.3 is 0 Å². The summed E-state index contributed by atoms with van der Waals surface area (Å²) in [6.45, 7) is 2.10. The zero-order chi connectivity index (χ0) is 27.8. The van der Waals surface area contributed by atoms with Crippen LogP contribution in [0, 0.1) is 0 Å². The van der Waals surface area contributed by atoms with Crippen LogP contribution in [0.5, 0.6) is 0 Å². The van der Waals surface area contributed by atoms with Crippen LogP contribution in [-0.4, -0.2) is 83.1 Å². The Hall–Kier alpha value is -4.01. The fourth-order valence-corrected chi connectivity index (χ4v) is 6.49. The summed E-state index contributed by atoms with van der Waals surface area (Å²) in [7, 11) is 1.99. The maximum Gasteiger partial charge on any atom is 0.261 e. The Morgan fingerprint density at radius 3 is 1.45 bits per heavy atom. The fraction of sp³-hybridized carbons (Fsp3) is 0.250. The summed E-state index contributed by atoms with van der Waals surface area (Å²) < 4.78 is 0. The lowest BCUT2D eigenvalue weighted by Crippen LogP contribution is -2.44. The molecule has 7 nitrogen and oxygen atoms in total. The van der Waals surface area contributed by atoms with E-state index in [-0.39, 0.29) is 23.6 Å². The normalized spacial score (nSPS) is 14.8. The molecule has 2 aliphatic rings. The summed E-state index contributed by atoms with van der Waals surface area (Å²) in [6.07, 6.45) is 0.912. The summed E-state index contributed by atoms with van der Waals surface area (Å²) >= 11 is 1.71. The Morgan fingerprint density at radius 2 is 1.00 bits per heavy atom. The number of hydrogen-bond acceptors (Lipinski definition) is 6. The van der Waals surface area contributed by atoms with Crippen molar-refractivity contribution >= 4 is 56.9 Å². The number of imide groups is 2. The third-order valence-corrected chi connectivity index (χ3v) is 8.75. The van der Waals surface area contributed by atoms with Crippen LogP contribution < -0.4 is 0 Å². The molecule has 0 saturated carbocycles. The van der Waals surface area contributed by atoms with Gasteiger partial charge in [0.2, 0.25) is 0 Å². The van der Waals surface area contributed by atoms with Gasteiger partial charge in [-0.15, -0.1) is 0 Å². The maximum absolute atomic E-state index is 13.1. The first-order valence-corrected chi connectivity index (χ1v) is 14.6. The van der Waals surface area contributed by atoms with Crippen molar-refractivity contribution in [2.75, 3.05) is 44.7 Å². The predicted octanol–water partition coefficient (Wildman–Crippen LogP) is 4.94. The summed E-state index contributed by atoms with van der Waals surface area (Å²) in [4.78, 5) is 57.1. The zero-order valence-electron chi connectivity index (χ0n) is 22.3. The molecular weight excluding hydrogens is 522 g/mol. The van der Waals surface area contributed by atoms with Crippen LogP contribution in [0.15, 0.2) is 72.8 Å². The Bertz CT molecular complexity index is 1580. The Balaban J connectivity index is 0.961.